The molecule has 2 amide bonds. The van der Waals surface area contributed by atoms with Gasteiger partial charge in [-0.2, -0.15) is 0 Å². The number of carbonyl (C=O) groups is 2. The lowest BCUT2D eigenvalue weighted by molar-refractivity contribution is -0.128. The number of ether oxygens (including phenoxy) is 2. The number of nitrogens with zero attached hydrogens (tertiary/aromatic N) is 4. The van der Waals surface area contributed by atoms with E-state index in [-0.39, 0.29) is 82.2 Å². The summed E-state index contributed by atoms with van der Waals surface area (Å²) < 4.78 is 27.6. The Morgan fingerprint density at radius 2 is 2.05 bits per heavy atom. The molecule has 3 fully saturated rings. The Morgan fingerprint density at radius 3 is 2.78 bits per heavy atom. The summed E-state index contributed by atoms with van der Waals surface area (Å²) in [5, 5.41) is 10.5. The molecule has 1 aromatic carbocycles. The number of hydrogen-bond donors (Lipinski definition) is 1. The first kappa shape index (κ1) is 27.8. The van der Waals surface area contributed by atoms with Gasteiger partial charge in [-0.25, -0.2) is 9.37 Å². The average molecular weight is 585 g/mol. The molecule has 41 heavy (non-hydrogen) atoms. The summed E-state index contributed by atoms with van der Waals surface area (Å²) >= 11 is 6.79. The number of phenols is 1. The summed E-state index contributed by atoms with van der Waals surface area (Å²) in [5.74, 6) is -1.64. The van der Waals surface area contributed by atoms with E-state index in [0.29, 0.717) is 13.2 Å². The molecule has 9 nitrogen and oxygen atoms in total. The van der Waals surface area contributed by atoms with Gasteiger partial charge in [0.1, 0.15) is 41.1 Å². The van der Waals surface area contributed by atoms with Crippen molar-refractivity contribution in [2.75, 3.05) is 46.4 Å². The van der Waals surface area contributed by atoms with Crippen molar-refractivity contribution in [3.63, 3.8) is 0 Å². The maximum atomic E-state index is 15.0. The minimum Gasteiger partial charge on any atom is -0.507 e. The van der Waals surface area contributed by atoms with Gasteiger partial charge in [0, 0.05) is 25.7 Å². The fourth-order valence-electron chi connectivity index (χ4n) is 7.09. The molecule has 218 valence electrons. The van der Waals surface area contributed by atoms with E-state index in [1.807, 2.05) is 0 Å². The van der Waals surface area contributed by atoms with E-state index in [2.05, 4.69) is 23.5 Å². The predicted octanol–water partition coefficient (Wildman–Crippen LogP) is 4.12. The van der Waals surface area contributed by atoms with E-state index in [1.54, 1.807) is 9.80 Å². The lowest BCUT2D eigenvalue weighted by Crippen LogP contribution is -2.57. The van der Waals surface area contributed by atoms with Crippen LogP contribution in [0.25, 0.3) is 11.3 Å². The summed E-state index contributed by atoms with van der Waals surface area (Å²) in [6.45, 7) is 5.77. The maximum Gasteiger partial charge on any atom is 0.263 e. The monoisotopic (exact) mass is 584 g/mol. The fraction of sp³-hybridized carbons (Fsp3) is 0.500. The molecule has 2 aromatic rings. The van der Waals surface area contributed by atoms with Crippen LogP contribution in [0.3, 0.4) is 0 Å². The van der Waals surface area contributed by atoms with Gasteiger partial charge in [0.15, 0.2) is 5.75 Å². The fourth-order valence-corrected chi connectivity index (χ4v) is 7.38. The number of likely N-dealkylation sites (tertiary alicyclic amines) is 1. The number of piperazine rings is 1. The number of hydrogen-bond acceptors (Lipinski definition) is 7. The molecule has 6 rings (SSSR count). The highest BCUT2D eigenvalue weighted by Crippen LogP contribution is 2.50. The number of rotatable bonds is 5. The SMILES string of the molecule is C=CC(=O)N1CCN2C(=O)c3c(OCC4N(C)CCC45CCCC5)nc(-c4c(O)cccc4F)c(Cl)c3OCC2C1. The highest BCUT2D eigenvalue weighted by Gasteiger charge is 2.48. The molecule has 1 saturated carbocycles. The van der Waals surface area contributed by atoms with Gasteiger partial charge in [0.05, 0.1) is 11.6 Å². The maximum absolute atomic E-state index is 15.0. The van der Waals surface area contributed by atoms with Gasteiger partial charge in [-0.15, -0.1) is 0 Å². The first-order valence-electron chi connectivity index (χ1n) is 14.1. The molecule has 3 aliphatic heterocycles. The van der Waals surface area contributed by atoms with Gasteiger partial charge in [-0.05, 0) is 56.5 Å². The number of phenolic OH excluding ortho intramolecular Hbond substituents is 1. The average Bonchev–Trinajstić information content (AvgIpc) is 3.53. The van der Waals surface area contributed by atoms with Crippen molar-refractivity contribution in [1.29, 1.82) is 0 Å². The summed E-state index contributed by atoms with van der Waals surface area (Å²) in [6.07, 6.45) is 6.97. The second-order valence-corrected chi connectivity index (χ2v) is 11.9. The predicted molar refractivity (Wildman–Crippen MR) is 151 cm³/mol. The van der Waals surface area contributed by atoms with E-state index >= 15 is 4.39 Å². The van der Waals surface area contributed by atoms with Crippen molar-refractivity contribution in [2.24, 2.45) is 5.41 Å². The number of fused-ring (bicyclic) bond motifs is 2. The first-order chi connectivity index (χ1) is 19.7. The molecular weight excluding hydrogens is 551 g/mol. The van der Waals surface area contributed by atoms with Crippen molar-refractivity contribution >= 4 is 23.4 Å². The third-order valence-electron chi connectivity index (χ3n) is 9.33. The molecule has 4 aliphatic rings. The highest BCUT2D eigenvalue weighted by atomic mass is 35.5. The molecule has 1 N–H and O–H groups in total. The van der Waals surface area contributed by atoms with Crippen LogP contribution in [0.5, 0.6) is 17.4 Å². The Labute approximate surface area is 243 Å². The molecule has 2 saturated heterocycles. The molecule has 1 aliphatic carbocycles. The Morgan fingerprint density at radius 1 is 1.27 bits per heavy atom. The van der Waals surface area contributed by atoms with Crippen LogP contribution in [0.2, 0.25) is 5.02 Å². The molecule has 1 spiro atoms. The van der Waals surface area contributed by atoms with Crippen LogP contribution in [0.15, 0.2) is 30.9 Å². The van der Waals surface area contributed by atoms with Crippen LogP contribution >= 0.6 is 11.6 Å². The largest absolute Gasteiger partial charge is 0.507 e. The Kier molecular flexibility index (Phi) is 7.32. The van der Waals surface area contributed by atoms with E-state index in [4.69, 9.17) is 21.1 Å². The zero-order valence-corrected chi connectivity index (χ0v) is 23.8. The Balaban J connectivity index is 1.42. The number of pyridine rings is 1. The van der Waals surface area contributed by atoms with Gasteiger partial charge in [0.2, 0.25) is 11.8 Å². The topological polar surface area (TPSA) is 95.4 Å². The summed E-state index contributed by atoms with van der Waals surface area (Å²) in [5.41, 5.74) is -0.0370. The first-order valence-corrected chi connectivity index (χ1v) is 14.5. The quantitative estimate of drug-likeness (QED) is 0.528. The van der Waals surface area contributed by atoms with Crippen LogP contribution in [-0.4, -0.2) is 95.1 Å². The number of halogens is 2. The van der Waals surface area contributed by atoms with E-state index < -0.39 is 11.9 Å². The second kappa shape index (κ2) is 10.8. The van der Waals surface area contributed by atoms with Gasteiger partial charge >= 0.3 is 0 Å². The normalized spacial score (nSPS) is 23.6. The smallest absolute Gasteiger partial charge is 0.263 e. The van der Waals surface area contributed by atoms with Crippen molar-refractivity contribution in [1.82, 2.24) is 19.7 Å². The number of carbonyl (C=O) groups excluding carboxylic acids is 2. The van der Waals surface area contributed by atoms with Crippen molar-refractivity contribution in [3.8, 4) is 28.6 Å². The summed E-state index contributed by atoms with van der Waals surface area (Å²) in [4.78, 5) is 36.6. The van der Waals surface area contributed by atoms with Crippen LogP contribution in [-0.2, 0) is 4.79 Å². The molecular formula is C30H34ClFN4O5. The lowest BCUT2D eigenvalue weighted by Gasteiger charge is -2.39. The van der Waals surface area contributed by atoms with E-state index in [0.717, 1.165) is 25.8 Å². The number of amides is 2. The third kappa shape index (κ3) is 4.70. The van der Waals surface area contributed by atoms with Gasteiger partial charge in [-0.1, -0.05) is 37.1 Å². The van der Waals surface area contributed by atoms with E-state index in [9.17, 15) is 14.7 Å². The molecule has 11 heteroatoms. The standard InChI is InChI=1S/C30H34ClFN4O5/c1-3-22(38)35-13-14-36-18(15-35)16-40-27-24(29(36)39)28(33-26(25(27)31)23-19(32)7-6-8-20(23)37)41-17-21-30(9-4-5-10-30)11-12-34(21)2/h3,6-8,18,21,37H,1,4-5,9-17H2,2H3. The van der Waals surface area contributed by atoms with Crippen LogP contribution in [0, 0.1) is 11.2 Å². The zero-order chi connectivity index (χ0) is 28.9. The van der Waals surface area contributed by atoms with Crippen LogP contribution in [0.1, 0.15) is 42.5 Å². The van der Waals surface area contributed by atoms with Gasteiger partial charge < -0.3 is 24.4 Å². The number of likely N-dealkylation sites (N-methyl/N-ethyl adjacent to an activating group) is 1. The molecule has 0 radical (unpaired) electrons. The number of aromatic hydroxyl groups is 1. The van der Waals surface area contributed by atoms with E-state index in [1.165, 1.54) is 37.1 Å². The molecule has 2 atom stereocenters. The minimum atomic E-state index is -0.721. The zero-order valence-electron chi connectivity index (χ0n) is 23.1. The van der Waals surface area contributed by atoms with Crippen molar-refractivity contribution in [3.05, 3.63) is 47.3 Å². The summed E-state index contributed by atoms with van der Waals surface area (Å²) in [6, 6.07) is 3.62. The van der Waals surface area contributed by atoms with Crippen molar-refractivity contribution in [2.45, 2.75) is 44.2 Å². The highest BCUT2D eigenvalue weighted by molar-refractivity contribution is 6.35. The van der Waals surface area contributed by atoms with Gasteiger partial charge in [0.25, 0.3) is 5.91 Å². The third-order valence-corrected chi connectivity index (χ3v) is 9.68. The molecule has 2 unspecified atom stereocenters. The molecule has 1 aromatic heterocycles. The minimum absolute atomic E-state index is 0.00857. The summed E-state index contributed by atoms with van der Waals surface area (Å²) in [7, 11) is 2.09. The Hall–Kier alpha value is -3.37. The lowest BCUT2D eigenvalue weighted by atomic mass is 9.79. The molecule has 4 heterocycles. The van der Waals surface area contributed by atoms with Crippen LogP contribution < -0.4 is 9.47 Å². The number of aromatic nitrogens is 1. The molecule has 0 bridgehead atoms. The Bertz CT molecular complexity index is 1380. The second-order valence-electron chi connectivity index (χ2n) is 11.5. The van der Waals surface area contributed by atoms with Crippen molar-refractivity contribution < 1.29 is 28.6 Å². The van der Waals surface area contributed by atoms with Crippen LogP contribution in [0.4, 0.5) is 4.39 Å². The number of benzene rings is 1. The van der Waals surface area contributed by atoms with Gasteiger partial charge in [-0.3, -0.25) is 14.5 Å².